The highest BCUT2D eigenvalue weighted by Gasteiger charge is 2.17. The number of amides is 1. The van der Waals surface area contributed by atoms with E-state index >= 15 is 0 Å². The Kier molecular flexibility index (Phi) is 4.63. The summed E-state index contributed by atoms with van der Waals surface area (Å²) >= 11 is 7.15. The Balaban J connectivity index is 1.82. The van der Waals surface area contributed by atoms with Crippen molar-refractivity contribution < 1.29 is 13.2 Å². The van der Waals surface area contributed by atoms with Gasteiger partial charge in [-0.15, -0.1) is 11.3 Å². The van der Waals surface area contributed by atoms with E-state index in [1.807, 2.05) is 6.20 Å². The van der Waals surface area contributed by atoms with Crippen LogP contribution in [0.2, 0.25) is 5.02 Å². The number of carbonyl (C=O) groups is 1. The third kappa shape index (κ3) is 3.89. The second-order valence-corrected chi connectivity index (χ2v) is 8.56. The number of nitrogens with one attached hydrogen (secondary N) is 1. The molecule has 0 saturated carbocycles. The van der Waals surface area contributed by atoms with E-state index in [1.54, 1.807) is 23.3 Å². The molecule has 0 fully saturated rings. The maximum Gasteiger partial charge on any atom is 0.257 e. The van der Waals surface area contributed by atoms with Crippen molar-refractivity contribution in [1.82, 2.24) is 14.8 Å². The van der Waals surface area contributed by atoms with Gasteiger partial charge in [-0.3, -0.25) is 14.8 Å². The van der Waals surface area contributed by atoms with Crippen LogP contribution in [0.1, 0.15) is 10.4 Å². The van der Waals surface area contributed by atoms with E-state index in [0.29, 0.717) is 10.8 Å². The third-order valence-electron chi connectivity index (χ3n) is 3.32. The highest BCUT2D eigenvalue weighted by molar-refractivity contribution is 7.90. The SMILES string of the molecule is Cn1cc(-c2csc(NC(=O)c3ccc(Cl)c(S(C)(=O)=O)c3)n2)cn1. The minimum Gasteiger partial charge on any atom is -0.298 e. The predicted molar refractivity (Wildman–Crippen MR) is 96.8 cm³/mol. The van der Waals surface area contributed by atoms with Crippen LogP contribution in [-0.4, -0.2) is 35.3 Å². The largest absolute Gasteiger partial charge is 0.298 e. The van der Waals surface area contributed by atoms with Crippen molar-refractivity contribution in [3.05, 3.63) is 46.6 Å². The summed E-state index contributed by atoms with van der Waals surface area (Å²) in [6.45, 7) is 0. The maximum absolute atomic E-state index is 12.4. The number of rotatable bonds is 4. The van der Waals surface area contributed by atoms with Crippen molar-refractivity contribution in [2.45, 2.75) is 4.90 Å². The molecule has 0 aliphatic carbocycles. The molecule has 7 nitrogen and oxygen atoms in total. The molecule has 10 heteroatoms. The number of thiazole rings is 1. The minimum atomic E-state index is -3.53. The summed E-state index contributed by atoms with van der Waals surface area (Å²) < 4.78 is 25.1. The highest BCUT2D eigenvalue weighted by atomic mass is 35.5. The number of aryl methyl sites for hydroxylation is 1. The first-order valence-corrected chi connectivity index (χ1v) is 10.1. The maximum atomic E-state index is 12.4. The van der Waals surface area contributed by atoms with Gasteiger partial charge >= 0.3 is 0 Å². The number of hydrogen-bond acceptors (Lipinski definition) is 6. The van der Waals surface area contributed by atoms with Gasteiger partial charge in [-0.05, 0) is 18.2 Å². The fourth-order valence-electron chi connectivity index (χ4n) is 2.12. The van der Waals surface area contributed by atoms with E-state index in [4.69, 9.17) is 11.6 Å². The van der Waals surface area contributed by atoms with Crippen LogP contribution in [0, 0.1) is 0 Å². The first-order valence-electron chi connectivity index (χ1n) is 6.99. The predicted octanol–water partition coefficient (Wildman–Crippen LogP) is 2.85. The number of carbonyl (C=O) groups excluding carboxylic acids is 1. The lowest BCUT2D eigenvalue weighted by molar-refractivity contribution is 0.102. The Morgan fingerprint density at radius 2 is 2.12 bits per heavy atom. The number of benzene rings is 1. The van der Waals surface area contributed by atoms with E-state index in [9.17, 15) is 13.2 Å². The Morgan fingerprint density at radius 1 is 1.36 bits per heavy atom. The van der Waals surface area contributed by atoms with Gasteiger partial charge in [0, 0.05) is 36.0 Å². The minimum absolute atomic E-state index is 0.0761. The summed E-state index contributed by atoms with van der Waals surface area (Å²) in [4.78, 5) is 16.6. The lowest BCUT2D eigenvalue weighted by Crippen LogP contribution is -2.12. The zero-order valence-corrected chi connectivity index (χ0v) is 15.6. The molecule has 2 aromatic heterocycles. The van der Waals surface area contributed by atoms with Gasteiger partial charge in [0.1, 0.15) is 0 Å². The number of sulfone groups is 1. The van der Waals surface area contributed by atoms with Gasteiger partial charge in [0.15, 0.2) is 15.0 Å². The first kappa shape index (κ1) is 17.6. The van der Waals surface area contributed by atoms with Gasteiger partial charge in [0.25, 0.3) is 5.91 Å². The molecule has 130 valence electrons. The fourth-order valence-corrected chi connectivity index (χ4v) is 4.13. The quantitative estimate of drug-likeness (QED) is 0.731. The van der Waals surface area contributed by atoms with Crippen LogP contribution in [0.3, 0.4) is 0 Å². The molecule has 3 rings (SSSR count). The molecular weight excluding hydrogens is 384 g/mol. The summed E-state index contributed by atoms with van der Waals surface area (Å²) in [6.07, 6.45) is 4.54. The molecule has 1 amide bonds. The van der Waals surface area contributed by atoms with E-state index in [2.05, 4.69) is 15.4 Å². The van der Waals surface area contributed by atoms with E-state index < -0.39 is 15.7 Å². The molecule has 1 N–H and O–H groups in total. The highest BCUT2D eigenvalue weighted by Crippen LogP contribution is 2.26. The molecule has 2 heterocycles. The summed E-state index contributed by atoms with van der Waals surface area (Å²) in [5, 5.41) is 9.01. The van der Waals surface area contributed by atoms with Gasteiger partial charge in [-0.25, -0.2) is 13.4 Å². The van der Waals surface area contributed by atoms with Gasteiger partial charge in [-0.1, -0.05) is 11.6 Å². The van der Waals surface area contributed by atoms with Crippen molar-refractivity contribution in [3.63, 3.8) is 0 Å². The van der Waals surface area contributed by atoms with E-state index in [0.717, 1.165) is 11.8 Å². The molecule has 0 bridgehead atoms. The molecule has 25 heavy (non-hydrogen) atoms. The Bertz CT molecular complexity index is 1060. The van der Waals surface area contributed by atoms with Crippen molar-refractivity contribution >= 4 is 43.8 Å². The standard InChI is InChI=1S/C15H13ClN4O3S2/c1-20-7-10(6-17-20)12-8-24-15(18-12)19-14(21)9-3-4-11(16)13(5-9)25(2,22)23/h3-8H,1-2H3,(H,18,19,21). The molecule has 0 aliphatic rings. The molecule has 1 aromatic carbocycles. The van der Waals surface area contributed by atoms with Crippen LogP contribution in [-0.2, 0) is 16.9 Å². The van der Waals surface area contributed by atoms with Gasteiger partial charge in [-0.2, -0.15) is 5.10 Å². The molecular formula is C15H13ClN4O3S2. The summed E-state index contributed by atoms with van der Waals surface area (Å²) in [6, 6.07) is 4.10. The number of halogens is 1. The Hall–Kier alpha value is -2.23. The molecule has 0 radical (unpaired) electrons. The second kappa shape index (κ2) is 6.58. The first-order chi connectivity index (χ1) is 11.7. The van der Waals surface area contributed by atoms with E-state index in [1.165, 1.54) is 29.5 Å². The van der Waals surface area contributed by atoms with Gasteiger partial charge < -0.3 is 0 Å². The average Bonchev–Trinajstić information content (AvgIpc) is 3.15. The second-order valence-electron chi connectivity index (χ2n) is 5.31. The molecule has 3 aromatic rings. The van der Waals surface area contributed by atoms with Crippen molar-refractivity contribution in [2.24, 2.45) is 7.05 Å². The monoisotopic (exact) mass is 396 g/mol. The summed E-state index contributed by atoms with van der Waals surface area (Å²) in [5.41, 5.74) is 1.72. The zero-order valence-electron chi connectivity index (χ0n) is 13.2. The Morgan fingerprint density at radius 3 is 2.76 bits per heavy atom. The van der Waals surface area contributed by atoms with Crippen LogP contribution < -0.4 is 5.32 Å². The van der Waals surface area contributed by atoms with Gasteiger partial charge in [0.05, 0.1) is 21.8 Å². The molecule has 0 saturated heterocycles. The number of anilines is 1. The molecule has 0 atom stereocenters. The molecule has 0 spiro atoms. The number of nitrogens with zero attached hydrogens (tertiary/aromatic N) is 3. The van der Waals surface area contributed by atoms with Gasteiger partial charge in [0.2, 0.25) is 0 Å². The van der Waals surface area contributed by atoms with Crippen molar-refractivity contribution in [3.8, 4) is 11.3 Å². The lowest BCUT2D eigenvalue weighted by atomic mass is 10.2. The van der Waals surface area contributed by atoms with Crippen molar-refractivity contribution in [1.29, 1.82) is 0 Å². The average molecular weight is 397 g/mol. The topological polar surface area (TPSA) is 94.0 Å². The summed E-state index contributed by atoms with van der Waals surface area (Å²) in [5.74, 6) is -0.464. The van der Waals surface area contributed by atoms with Crippen LogP contribution in [0.4, 0.5) is 5.13 Å². The lowest BCUT2D eigenvalue weighted by Gasteiger charge is -2.06. The fraction of sp³-hybridized carbons (Fsp3) is 0.133. The van der Waals surface area contributed by atoms with E-state index in [-0.39, 0.29) is 15.5 Å². The zero-order chi connectivity index (χ0) is 18.2. The van der Waals surface area contributed by atoms with Crippen LogP contribution in [0.5, 0.6) is 0 Å². The smallest absolute Gasteiger partial charge is 0.257 e. The number of hydrogen-bond donors (Lipinski definition) is 1. The summed E-state index contributed by atoms with van der Waals surface area (Å²) in [7, 11) is -1.72. The number of aromatic nitrogens is 3. The normalized spacial score (nSPS) is 11.5. The van der Waals surface area contributed by atoms with Crippen LogP contribution in [0.25, 0.3) is 11.3 Å². The van der Waals surface area contributed by atoms with Crippen molar-refractivity contribution in [2.75, 3.05) is 11.6 Å². The molecule has 0 unspecified atom stereocenters. The molecule has 0 aliphatic heterocycles. The van der Waals surface area contributed by atoms with Crippen LogP contribution >= 0.6 is 22.9 Å². The van der Waals surface area contributed by atoms with Crippen LogP contribution in [0.15, 0.2) is 40.9 Å². The third-order valence-corrected chi connectivity index (χ3v) is 5.65. The Labute approximate surface area is 153 Å².